The van der Waals surface area contributed by atoms with E-state index in [1.54, 1.807) is 0 Å². The lowest BCUT2D eigenvalue weighted by Gasteiger charge is -2.21. The van der Waals surface area contributed by atoms with Crippen LogP contribution < -0.4 is 20.3 Å². The molecule has 3 aromatic rings. The lowest BCUT2D eigenvalue weighted by molar-refractivity contribution is -0.400. The van der Waals surface area contributed by atoms with Gasteiger partial charge in [0.1, 0.15) is 0 Å². The molecule has 0 aliphatic heterocycles. The van der Waals surface area contributed by atoms with Gasteiger partial charge in [-0.2, -0.15) is 0 Å². The van der Waals surface area contributed by atoms with E-state index < -0.39 is 136 Å². The molecule has 4 N–H and O–H groups in total. The summed E-state index contributed by atoms with van der Waals surface area (Å²) in [6, 6.07) is 0. The normalized spacial score (nSPS) is 10.8. The van der Waals surface area contributed by atoms with E-state index in [1.165, 1.54) is 0 Å². The molecular formula is C22H24N12O17. The maximum atomic E-state index is 12.5. The van der Waals surface area contributed by atoms with E-state index in [4.69, 9.17) is 4.42 Å². The van der Waals surface area contributed by atoms with Gasteiger partial charge in [-0.25, -0.2) is 20.3 Å². The minimum absolute atomic E-state index is 0.0838. The molecule has 51 heavy (non-hydrogen) atoms. The first kappa shape index (κ1) is 38.5. The number of aromatic nitrogens is 2. The molecule has 274 valence electrons. The summed E-state index contributed by atoms with van der Waals surface area (Å²) in [5.41, 5.74) is -18.1. The molecule has 0 saturated heterocycles. The predicted octanol–water partition coefficient (Wildman–Crippen LogP) is 3.71. The van der Waals surface area contributed by atoms with Crippen LogP contribution in [0.25, 0.3) is 22.9 Å². The molecule has 0 saturated carbocycles. The summed E-state index contributed by atoms with van der Waals surface area (Å²) in [6.07, 6.45) is 0. The highest BCUT2D eigenvalue weighted by Gasteiger charge is 2.51. The topological polar surface area (TPSA) is 392 Å². The summed E-state index contributed by atoms with van der Waals surface area (Å²) in [5.74, 6) is -2.82. The highest BCUT2D eigenvalue weighted by atomic mass is 16.7. The third kappa shape index (κ3) is 6.44. The van der Waals surface area contributed by atoms with Crippen LogP contribution in [0.2, 0.25) is 0 Å². The Labute approximate surface area is 280 Å². The number of benzene rings is 2. The molecule has 0 radical (unpaired) electrons. The second-order valence-electron chi connectivity index (χ2n) is 9.55. The van der Waals surface area contributed by atoms with Crippen LogP contribution in [0.5, 0.6) is 0 Å². The lowest BCUT2D eigenvalue weighted by atomic mass is 10.0. The highest BCUT2D eigenvalue weighted by molar-refractivity contribution is 6.02. The van der Waals surface area contributed by atoms with Gasteiger partial charge in [0.25, 0.3) is 11.8 Å². The van der Waals surface area contributed by atoms with Crippen LogP contribution in [0.15, 0.2) is 4.42 Å². The van der Waals surface area contributed by atoms with Gasteiger partial charge in [-0.15, -0.1) is 10.2 Å². The Balaban J connectivity index is 2.79. The van der Waals surface area contributed by atoms with Crippen molar-refractivity contribution in [1.29, 1.82) is 0 Å². The third-order valence-corrected chi connectivity index (χ3v) is 6.92. The SMILES string of the molecule is CCN(O)c1c([N+](=O)[O-])c(-c2nnc(-c3c([N+](=O)[O-])c(N(O)CC)c([N+](=O)[O-])c(N(O)CC)c3[N+](=O)[O-])o2)c([N+](=O)[O-])c(N(O)CC)c1[N+](=O)[O-]. The van der Waals surface area contributed by atoms with Crippen LogP contribution in [-0.4, -0.2) is 86.7 Å². The van der Waals surface area contributed by atoms with Crippen LogP contribution in [0.3, 0.4) is 0 Å². The molecule has 3 rings (SSSR count). The number of hydroxylamine groups is 4. The number of nitro benzene ring substituents is 6. The van der Waals surface area contributed by atoms with Gasteiger partial charge >= 0.3 is 34.1 Å². The van der Waals surface area contributed by atoms with Crippen molar-refractivity contribution >= 4 is 56.9 Å². The molecule has 0 unspecified atom stereocenters. The van der Waals surface area contributed by atoms with Crippen LogP contribution in [-0.2, 0) is 0 Å². The molecule has 29 nitrogen and oxygen atoms in total. The van der Waals surface area contributed by atoms with E-state index in [2.05, 4.69) is 10.2 Å². The minimum atomic E-state index is -1.66. The van der Waals surface area contributed by atoms with Crippen LogP contribution in [0, 0.1) is 60.7 Å². The summed E-state index contributed by atoms with van der Waals surface area (Å²) in [7, 11) is 0. The Morgan fingerprint density at radius 1 is 0.451 bits per heavy atom. The monoisotopic (exact) mass is 728 g/mol. The van der Waals surface area contributed by atoms with Crippen molar-refractivity contribution in [1.82, 2.24) is 10.2 Å². The number of nitro groups is 6. The smallest absolute Gasteiger partial charge is 0.334 e. The average molecular weight is 729 g/mol. The summed E-state index contributed by atoms with van der Waals surface area (Å²) in [5, 5.41) is 123. The first-order chi connectivity index (χ1) is 23.8. The van der Waals surface area contributed by atoms with E-state index in [0.29, 0.717) is 0 Å². The zero-order valence-corrected chi connectivity index (χ0v) is 26.3. The molecule has 1 aromatic heterocycles. The van der Waals surface area contributed by atoms with Gasteiger partial charge in [-0.1, -0.05) is 0 Å². The van der Waals surface area contributed by atoms with Crippen LogP contribution in [0.4, 0.5) is 56.9 Å². The van der Waals surface area contributed by atoms with Gasteiger partial charge in [0, 0.05) is 26.2 Å². The number of nitrogens with zero attached hydrogens (tertiary/aromatic N) is 12. The number of anilines is 4. The van der Waals surface area contributed by atoms with Crippen molar-refractivity contribution in [2.45, 2.75) is 27.7 Å². The lowest BCUT2D eigenvalue weighted by Crippen LogP contribution is -2.25. The maximum absolute atomic E-state index is 12.5. The Bertz CT molecular complexity index is 1730. The molecule has 0 aliphatic rings. The Morgan fingerprint density at radius 2 is 0.647 bits per heavy atom. The van der Waals surface area contributed by atoms with Crippen molar-refractivity contribution < 1.29 is 54.8 Å². The average Bonchev–Trinajstić information content (AvgIpc) is 3.56. The van der Waals surface area contributed by atoms with Crippen LogP contribution >= 0.6 is 0 Å². The second-order valence-corrected chi connectivity index (χ2v) is 9.55. The van der Waals surface area contributed by atoms with Crippen molar-refractivity contribution in [3.05, 3.63) is 60.7 Å². The van der Waals surface area contributed by atoms with Crippen molar-refractivity contribution in [2.24, 2.45) is 0 Å². The molecule has 0 spiro atoms. The number of rotatable bonds is 16. The van der Waals surface area contributed by atoms with Crippen molar-refractivity contribution in [2.75, 3.05) is 46.4 Å². The molecule has 2 aromatic carbocycles. The summed E-state index contributed by atoms with van der Waals surface area (Å²) >= 11 is 0. The fourth-order valence-corrected chi connectivity index (χ4v) is 4.87. The fraction of sp³-hybridized carbons (Fsp3) is 0.364. The molecule has 29 heteroatoms. The number of hydrogen-bond donors (Lipinski definition) is 4. The first-order valence-electron chi connectivity index (χ1n) is 13.9. The van der Waals surface area contributed by atoms with Gasteiger partial charge in [-0.3, -0.25) is 81.5 Å². The Morgan fingerprint density at radius 3 is 0.804 bits per heavy atom. The van der Waals surface area contributed by atoms with Crippen molar-refractivity contribution in [3.8, 4) is 22.9 Å². The molecule has 1 heterocycles. The zero-order chi connectivity index (χ0) is 38.8. The predicted molar refractivity (Wildman–Crippen MR) is 164 cm³/mol. The fourth-order valence-electron chi connectivity index (χ4n) is 4.87. The highest BCUT2D eigenvalue weighted by Crippen LogP contribution is 2.58. The van der Waals surface area contributed by atoms with Gasteiger partial charge in [0.2, 0.25) is 22.7 Å². The van der Waals surface area contributed by atoms with Gasteiger partial charge < -0.3 is 4.42 Å². The van der Waals surface area contributed by atoms with E-state index in [1.807, 2.05) is 0 Å². The molecular weight excluding hydrogens is 704 g/mol. The second kappa shape index (κ2) is 14.6. The first-order valence-corrected chi connectivity index (χ1v) is 13.9. The van der Waals surface area contributed by atoms with Crippen LogP contribution in [0.1, 0.15) is 27.7 Å². The van der Waals surface area contributed by atoms with E-state index in [-0.39, 0.29) is 20.3 Å². The molecule has 0 amide bonds. The molecule has 0 bridgehead atoms. The van der Waals surface area contributed by atoms with Gasteiger partial charge in [0.15, 0.2) is 11.1 Å². The zero-order valence-electron chi connectivity index (χ0n) is 26.3. The summed E-state index contributed by atoms with van der Waals surface area (Å²) in [6.45, 7) is 1.95. The molecule has 0 atom stereocenters. The van der Waals surface area contributed by atoms with Crippen molar-refractivity contribution in [3.63, 3.8) is 0 Å². The molecule has 0 fully saturated rings. The largest absolute Gasteiger partial charge is 0.415 e. The maximum Gasteiger partial charge on any atom is 0.334 e. The minimum Gasteiger partial charge on any atom is -0.415 e. The Kier molecular flexibility index (Phi) is 11.0. The molecule has 0 aliphatic carbocycles. The van der Waals surface area contributed by atoms with E-state index in [0.717, 1.165) is 27.7 Å². The van der Waals surface area contributed by atoms with E-state index >= 15 is 0 Å². The van der Waals surface area contributed by atoms with E-state index in [9.17, 15) is 81.5 Å². The van der Waals surface area contributed by atoms with Gasteiger partial charge in [0.05, 0.1) is 29.5 Å². The summed E-state index contributed by atoms with van der Waals surface area (Å²) < 4.78 is 5.31. The van der Waals surface area contributed by atoms with Gasteiger partial charge in [-0.05, 0) is 27.7 Å². The Hall–Kier alpha value is -6.98. The summed E-state index contributed by atoms with van der Waals surface area (Å²) in [4.78, 5) is 65.6. The third-order valence-electron chi connectivity index (χ3n) is 6.92. The number of hydrogen-bond acceptors (Lipinski definition) is 23. The quantitative estimate of drug-likeness (QED) is 0.120. The standard InChI is InChI=1S/C22H24N12O17/c1-5-25(35)15-11(29(39)40)9(12(30(41)42)16(26(36)6-2)19(15)33(47)48)21-23-24-22(51-21)10-13(31(43)44)17(27(37)7-3)20(34(49)50)18(28(38)8-4)14(10)32(45)46/h35-38H,5-8H2,1-4H3.